The van der Waals surface area contributed by atoms with Gasteiger partial charge in [-0.3, -0.25) is 0 Å². The van der Waals surface area contributed by atoms with Gasteiger partial charge in [-0.15, -0.1) is 0 Å². The molecule has 0 amide bonds. The molecule has 0 spiro atoms. The minimum Gasteiger partial charge on any atom is -0.355 e. The van der Waals surface area contributed by atoms with Crippen LogP contribution in [-0.4, -0.2) is 0 Å². The molecule has 3 rings (SSSR count). The number of nitrogens with one attached hydrogen (secondary N) is 1. The Bertz CT molecular complexity index is 457. The first-order valence-electron chi connectivity index (χ1n) is 6.31. The van der Waals surface area contributed by atoms with Gasteiger partial charge < -0.3 is 5.32 Å². The minimum absolute atomic E-state index is 0.485. The molecule has 0 saturated carbocycles. The molecule has 0 bridgehead atoms. The van der Waals surface area contributed by atoms with E-state index < -0.39 is 0 Å². The molecule has 0 radical (unpaired) electrons. The Labute approximate surface area is 103 Å². The first kappa shape index (κ1) is 11.7. The Morgan fingerprint density at radius 2 is 1.18 bits per heavy atom. The van der Waals surface area contributed by atoms with Crippen molar-refractivity contribution in [1.29, 1.82) is 0 Å². The predicted molar refractivity (Wildman–Crippen MR) is 75.0 cm³/mol. The van der Waals surface area contributed by atoms with Crippen molar-refractivity contribution in [1.82, 2.24) is 0 Å². The lowest BCUT2D eigenvalue weighted by molar-refractivity contribution is 0.912. The molecule has 0 saturated heterocycles. The Morgan fingerprint density at radius 1 is 0.765 bits per heavy atom. The van der Waals surface area contributed by atoms with Crippen LogP contribution in [0.15, 0.2) is 48.5 Å². The van der Waals surface area contributed by atoms with Gasteiger partial charge in [0.2, 0.25) is 0 Å². The Balaban J connectivity index is 0.000000514. The second-order valence-electron chi connectivity index (χ2n) is 4.02. The monoisotopic (exact) mass is 225 g/mol. The summed E-state index contributed by atoms with van der Waals surface area (Å²) in [5.74, 6) is 0.485. The second kappa shape index (κ2) is 5.05. The Morgan fingerprint density at radius 3 is 1.65 bits per heavy atom. The molecule has 1 heterocycles. The van der Waals surface area contributed by atoms with Crippen LogP contribution in [0.1, 0.15) is 37.8 Å². The number of fused-ring (bicyclic) bond motifs is 2. The molecule has 0 atom stereocenters. The average molecular weight is 225 g/mol. The molecule has 17 heavy (non-hydrogen) atoms. The summed E-state index contributed by atoms with van der Waals surface area (Å²) in [5, 5.41) is 3.47. The van der Waals surface area contributed by atoms with E-state index in [9.17, 15) is 0 Å². The van der Waals surface area contributed by atoms with Gasteiger partial charge in [0.25, 0.3) is 0 Å². The van der Waals surface area contributed by atoms with Crippen molar-refractivity contribution in [2.75, 3.05) is 5.32 Å². The maximum atomic E-state index is 3.47. The minimum atomic E-state index is 0.485. The van der Waals surface area contributed by atoms with Gasteiger partial charge in [-0.2, -0.15) is 0 Å². The van der Waals surface area contributed by atoms with Crippen molar-refractivity contribution in [3.63, 3.8) is 0 Å². The molecule has 2 aromatic rings. The van der Waals surface area contributed by atoms with Crippen molar-refractivity contribution >= 4 is 11.4 Å². The standard InChI is InChI=1S/C14H13N.C2H6/c1-10-11-6-2-4-8-13(11)15-14-9-5-3-7-12(10)14;1-2/h2-10,15H,1H3;1-2H3. The van der Waals surface area contributed by atoms with E-state index in [4.69, 9.17) is 0 Å². The fourth-order valence-electron chi connectivity index (χ4n) is 2.29. The molecular formula is C16H19N. The summed E-state index contributed by atoms with van der Waals surface area (Å²) in [4.78, 5) is 0. The highest BCUT2D eigenvalue weighted by molar-refractivity contribution is 5.73. The summed E-state index contributed by atoms with van der Waals surface area (Å²) >= 11 is 0. The first-order valence-corrected chi connectivity index (χ1v) is 6.31. The highest BCUT2D eigenvalue weighted by atomic mass is 14.9. The number of benzene rings is 2. The lowest BCUT2D eigenvalue weighted by Gasteiger charge is -2.26. The number of anilines is 2. The van der Waals surface area contributed by atoms with Crippen LogP contribution < -0.4 is 5.32 Å². The van der Waals surface area contributed by atoms with Crippen LogP contribution in [0.3, 0.4) is 0 Å². The predicted octanol–water partition coefficient (Wildman–Crippen LogP) is 4.92. The van der Waals surface area contributed by atoms with Crippen molar-refractivity contribution in [2.24, 2.45) is 0 Å². The van der Waals surface area contributed by atoms with Crippen molar-refractivity contribution in [2.45, 2.75) is 26.7 Å². The molecule has 0 aromatic heterocycles. The molecule has 0 fully saturated rings. The average Bonchev–Trinajstić information content (AvgIpc) is 2.41. The van der Waals surface area contributed by atoms with Crippen molar-refractivity contribution in [3.8, 4) is 0 Å². The molecule has 2 aromatic carbocycles. The van der Waals surface area contributed by atoms with E-state index in [1.807, 2.05) is 13.8 Å². The quantitative estimate of drug-likeness (QED) is 0.671. The molecule has 0 unspecified atom stereocenters. The Kier molecular flexibility index (Phi) is 3.48. The number of hydrogen-bond donors (Lipinski definition) is 1. The van der Waals surface area contributed by atoms with E-state index in [-0.39, 0.29) is 0 Å². The van der Waals surface area contributed by atoms with Crippen LogP contribution in [0.25, 0.3) is 0 Å². The highest BCUT2D eigenvalue weighted by Crippen LogP contribution is 2.40. The second-order valence-corrected chi connectivity index (χ2v) is 4.02. The zero-order chi connectivity index (χ0) is 12.3. The topological polar surface area (TPSA) is 12.0 Å². The van der Waals surface area contributed by atoms with Gasteiger partial charge in [-0.1, -0.05) is 57.2 Å². The zero-order valence-electron chi connectivity index (χ0n) is 10.7. The third kappa shape index (κ3) is 2.05. The maximum absolute atomic E-state index is 3.47. The highest BCUT2D eigenvalue weighted by Gasteiger charge is 2.20. The third-order valence-corrected chi connectivity index (χ3v) is 3.12. The molecule has 1 aliphatic heterocycles. The summed E-state index contributed by atoms with van der Waals surface area (Å²) in [6, 6.07) is 17.0. The van der Waals surface area contributed by atoms with Gasteiger partial charge in [0.1, 0.15) is 0 Å². The smallest absolute Gasteiger partial charge is 0.0423 e. The van der Waals surface area contributed by atoms with Gasteiger partial charge in [0.05, 0.1) is 0 Å². The van der Waals surface area contributed by atoms with Crippen LogP contribution in [0.4, 0.5) is 11.4 Å². The fraction of sp³-hybridized carbons (Fsp3) is 0.250. The Hall–Kier alpha value is -1.76. The van der Waals surface area contributed by atoms with Gasteiger partial charge in [-0.25, -0.2) is 0 Å². The molecule has 1 nitrogen and oxygen atoms in total. The van der Waals surface area contributed by atoms with Gasteiger partial charge in [0, 0.05) is 17.3 Å². The van der Waals surface area contributed by atoms with Crippen molar-refractivity contribution < 1.29 is 0 Å². The first-order chi connectivity index (χ1) is 8.36. The fourth-order valence-corrected chi connectivity index (χ4v) is 2.29. The van der Waals surface area contributed by atoms with Gasteiger partial charge in [0.15, 0.2) is 0 Å². The largest absolute Gasteiger partial charge is 0.355 e. The van der Waals surface area contributed by atoms with Gasteiger partial charge >= 0.3 is 0 Å². The van der Waals surface area contributed by atoms with Crippen LogP contribution in [0.5, 0.6) is 0 Å². The van der Waals surface area contributed by atoms with E-state index in [0.717, 1.165) is 0 Å². The molecular weight excluding hydrogens is 206 g/mol. The molecule has 88 valence electrons. The summed E-state index contributed by atoms with van der Waals surface area (Å²) in [6.07, 6.45) is 0. The van der Waals surface area contributed by atoms with Crippen LogP contribution in [0.2, 0.25) is 0 Å². The van der Waals surface area contributed by atoms with E-state index >= 15 is 0 Å². The molecule has 0 aliphatic carbocycles. The van der Waals surface area contributed by atoms with Crippen LogP contribution >= 0.6 is 0 Å². The number of para-hydroxylation sites is 2. The van der Waals surface area contributed by atoms with E-state index in [1.54, 1.807) is 0 Å². The SMILES string of the molecule is CC.CC1c2ccccc2Nc2ccccc21. The molecule has 1 aliphatic rings. The normalized spacial score (nSPS) is 12.6. The summed E-state index contributed by atoms with van der Waals surface area (Å²) in [5.41, 5.74) is 5.25. The number of rotatable bonds is 0. The van der Waals surface area contributed by atoms with E-state index in [2.05, 4.69) is 60.8 Å². The van der Waals surface area contributed by atoms with Gasteiger partial charge in [-0.05, 0) is 23.3 Å². The van der Waals surface area contributed by atoms with Crippen LogP contribution in [0, 0.1) is 0 Å². The maximum Gasteiger partial charge on any atom is 0.0423 e. The summed E-state index contributed by atoms with van der Waals surface area (Å²) < 4.78 is 0. The van der Waals surface area contributed by atoms with E-state index in [1.165, 1.54) is 22.5 Å². The lowest BCUT2D eigenvalue weighted by atomic mass is 9.87. The van der Waals surface area contributed by atoms with Crippen LogP contribution in [-0.2, 0) is 0 Å². The summed E-state index contributed by atoms with van der Waals surface area (Å²) in [7, 11) is 0. The van der Waals surface area contributed by atoms with Crippen molar-refractivity contribution in [3.05, 3.63) is 59.7 Å². The molecule has 1 N–H and O–H groups in total. The summed E-state index contributed by atoms with van der Waals surface area (Å²) in [6.45, 7) is 6.26. The lowest BCUT2D eigenvalue weighted by Crippen LogP contribution is -2.09. The zero-order valence-corrected chi connectivity index (χ0v) is 10.7. The van der Waals surface area contributed by atoms with E-state index in [0.29, 0.717) is 5.92 Å². The molecule has 1 heteroatoms. The third-order valence-electron chi connectivity index (χ3n) is 3.12. The number of hydrogen-bond acceptors (Lipinski definition) is 1.